The Hall–Kier alpha value is -1.89. The van der Waals surface area contributed by atoms with Crippen molar-refractivity contribution in [2.75, 3.05) is 6.61 Å². The minimum atomic E-state index is -0.843. The van der Waals surface area contributed by atoms with E-state index in [1.807, 2.05) is 12.1 Å². The van der Waals surface area contributed by atoms with Crippen LogP contribution in [0.5, 0.6) is 5.75 Å². The maximum Gasteiger partial charge on any atom is 0.261 e. The lowest BCUT2D eigenvalue weighted by molar-refractivity contribution is 0.0915. The molecular formula is C17H14BrClN2O3. The summed E-state index contributed by atoms with van der Waals surface area (Å²) in [5.41, 5.74) is 0.325. The van der Waals surface area contributed by atoms with Gasteiger partial charge in [0.15, 0.2) is 0 Å². The second-order valence-corrected chi connectivity index (χ2v) is 6.63. The number of benzene rings is 2. The van der Waals surface area contributed by atoms with Gasteiger partial charge in [-0.15, -0.1) is 0 Å². The van der Waals surface area contributed by atoms with Gasteiger partial charge in [-0.25, -0.2) is 4.98 Å². The van der Waals surface area contributed by atoms with Crippen molar-refractivity contribution in [1.29, 1.82) is 0 Å². The van der Waals surface area contributed by atoms with Crippen molar-refractivity contribution in [3.8, 4) is 5.75 Å². The lowest BCUT2D eigenvalue weighted by atomic mass is 10.2. The van der Waals surface area contributed by atoms with E-state index in [1.165, 1.54) is 10.9 Å². The molecule has 1 N–H and O–H groups in total. The number of hydrogen-bond acceptors (Lipinski definition) is 4. The van der Waals surface area contributed by atoms with E-state index in [1.54, 1.807) is 30.3 Å². The van der Waals surface area contributed by atoms with Crippen molar-refractivity contribution in [2.45, 2.75) is 12.6 Å². The number of aliphatic hydroxyl groups is 1. The smallest absolute Gasteiger partial charge is 0.261 e. The normalized spacial score (nSPS) is 12.3. The molecule has 0 amide bonds. The molecule has 24 heavy (non-hydrogen) atoms. The number of fused-ring (bicyclic) bond motifs is 1. The van der Waals surface area contributed by atoms with Gasteiger partial charge in [0.1, 0.15) is 18.5 Å². The van der Waals surface area contributed by atoms with Gasteiger partial charge in [-0.05, 0) is 42.5 Å². The Balaban J connectivity index is 1.71. The van der Waals surface area contributed by atoms with Crippen molar-refractivity contribution in [3.63, 3.8) is 0 Å². The van der Waals surface area contributed by atoms with Crippen LogP contribution in [-0.2, 0) is 6.54 Å². The van der Waals surface area contributed by atoms with Crippen LogP contribution in [0.2, 0.25) is 5.02 Å². The average Bonchev–Trinajstić information content (AvgIpc) is 2.57. The first-order valence-electron chi connectivity index (χ1n) is 7.24. The molecule has 0 unspecified atom stereocenters. The molecule has 0 aliphatic carbocycles. The molecule has 0 saturated heterocycles. The maximum absolute atomic E-state index is 12.4. The predicted molar refractivity (Wildman–Crippen MR) is 96.7 cm³/mol. The van der Waals surface area contributed by atoms with Crippen LogP contribution < -0.4 is 10.3 Å². The Kier molecular flexibility index (Phi) is 5.18. The van der Waals surface area contributed by atoms with Gasteiger partial charge in [0.05, 0.1) is 23.8 Å². The molecule has 124 valence electrons. The highest BCUT2D eigenvalue weighted by Crippen LogP contribution is 2.16. The van der Waals surface area contributed by atoms with E-state index in [-0.39, 0.29) is 18.7 Å². The topological polar surface area (TPSA) is 64.4 Å². The summed E-state index contributed by atoms with van der Waals surface area (Å²) in [5.74, 6) is 0.646. The lowest BCUT2D eigenvalue weighted by Gasteiger charge is -2.14. The minimum Gasteiger partial charge on any atom is -0.491 e. The highest BCUT2D eigenvalue weighted by atomic mass is 79.9. The molecule has 0 aliphatic rings. The Labute approximate surface area is 151 Å². The number of halogens is 2. The van der Waals surface area contributed by atoms with Gasteiger partial charge in [0.25, 0.3) is 5.56 Å². The fourth-order valence-electron chi connectivity index (χ4n) is 2.26. The largest absolute Gasteiger partial charge is 0.491 e. The SMILES string of the molecule is O=c1c2cc(Cl)ccc2ncn1C[C@H](O)COc1ccc(Br)cc1. The third kappa shape index (κ3) is 3.95. The lowest BCUT2D eigenvalue weighted by Crippen LogP contribution is -2.30. The zero-order valence-electron chi connectivity index (χ0n) is 12.5. The molecule has 1 aromatic heterocycles. The van der Waals surface area contributed by atoms with Crippen molar-refractivity contribution in [2.24, 2.45) is 0 Å². The van der Waals surface area contributed by atoms with Crippen molar-refractivity contribution >= 4 is 38.4 Å². The third-order valence-electron chi connectivity index (χ3n) is 3.45. The van der Waals surface area contributed by atoms with Crippen molar-refractivity contribution < 1.29 is 9.84 Å². The van der Waals surface area contributed by atoms with Gasteiger partial charge in [0.2, 0.25) is 0 Å². The van der Waals surface area contributed by atoms with Gasteiger partial charge in [-0.3, -0.25) is 9.36 Å². The summed E-state index contributed by atoms with van der Waals surface area (Å²) < 4.78 is 7.82. The van der Waals surface area contributed by atoms with Crippen LogP contribution in [0.3, 0.4) is 0 Å². The van der Waals surface area contributed by atoms with Crippen molar-refractivity contribution in [3.05, 3.63) is 68.6 Å². The number of nitrogens with zero attached hydrogens (tertiary/aromatic N) is 2. The summed E-state index contributed by atoms with van der Waals surface area (Å²) in [7, 11) is 0. The average molecular weight is 410 g/mol. The molecular weight excluding hydrogens is 396 g/mol. The summed E-state index contributed by atoms with van der Waals surface area (Å²) in [4.78, 5) is 16.6. The molecule has 0 bridgehead atoms. The number of aromatic nitrogens is 2. The van der Waals surface area contributed by atoms with Crippen LogP contribution in [0.1, 0.15) is 0 Å². The molecule has 7 heteroatoms. The molecule has 0 radical (unpaired) electrons. The summed E-state index contributed by atoms with van der Waals surface area (Å²) in [6.07, 6.45) is 0.575. The Morgan fingerprint density at radius 2 is 2.00 bits per heavy atom. The Morgan fingerprint density at radius 1 is 1.25 bits per heavy atom. The van der Waals surface area contributed by atoms with Gasteiger partial charge in [-0.2, -0.15) is 0 Å². The van der Waals surface area contributed by atoms with E-state index < -0.39 is 6.10 Å². The number of hydrogen-bond donors (Lipinski definition) is 1. The second-order valence-electron chi connectivity index (χ2n) is 5.28. The van der Waals surface area contributed by atoms with Crippen LogP contribution in [0, 0.1) is 0 Å². The summed E-state index contributed by atoms with van der Waals surface area (Å²) >= 11 is 9.27. The zero-order valence-corrected chi connectivity index (χ0v) is 14.9. The van der Waals surface area contributed by atoms with Gasteiger partial charge in [-0.1, -0.05) is 27.5 Å². The van der Waals surface area contributed by atoms with Gasteiger partial charge >= 0.3 is 0 Å². The van der Waals surface area contributed by atoms with E-state index in [0.29, 0.717) is 21.7 Å². The summed E-state index contributed by atoms with van der Waals surface area (Å²) in [5, 5.41) is 11.0. The molecule has 3 rings (SSSR count). The minimum absolute atomic E-state index is 0.0711. The first-order valence-corrected chi connectivity index (χ1v) is 8.41. The molecule has 1 heterocycles. The van der Waals surface area contributed by atoms with Crippen LogP contribution in [-0.4, -0.2) is 27.4 Å². The number of rotatable bonds is 5. The Bertz CT molecular complexity index is 912. The van der Waals surface area contributed by atoms with E-state index in [2.05, 4.69) is 20.9 Å². The van der Waals surface area contributed by atoms with Gasteiger partial charge in [0, 0.05) is 9.50 Å². The fourth-order valence-corrected chi connectivity index (χ4v) is 2.70. The molecule has 2 aromatic carbocycles. The molecule has 0 fully saturated rings. The van der Waals surface area contributed by atoms with E-state index in [9.17, 15) is 9.90 Å². The van der Waals surface area contributed by atoms with E-state index >= 15 is 0 Å². The highest BCUT2D eigenvalue weighted by Gasteiger charge is 2.10. The summed E-state index contributed by atoms with van der Waals surface area (Å²) in [6.45, 7) is 0.159. The first kappa shape index (κ1) is 17.0. The predicted octanol–water partition coefficient (Wildman–Crippen LogP) is 3.25. The molecule has 3 aromatic rings. The zero-order chi connectivity index (χ0) is 17.1. The maximum atomic E-state index is 12.4. The fraction of sp³-hybridized carbons (Fsp3) is 0.176. The van der Waals surface area contributed by atoms with Crippen LogP contribution in [0.25, 0.3) is 10.9 Å². The first-order chi connectivity index (χ1) is 11.5. The van der Waals surface area contributed by atoms with E-state index in [4.69, 9.17) is 16.3 Å². The number of ether oxygens (including phenoxy) is 1. The molecule has 5 nitrogen and oxygen atoms in total. The van der Waals surface area contributed by atoms with Crippen molar-refractivity contribution in [1.82, 2.24) is 9.55 Å². The van der Waals surface area contributed by atoms with E-state index in [0.717, 1.165) is 4.47 Å². The summed E-state index contributed by atoms with van der Waals surface area (Å²) in [6, 6.07) is 12.2. The van der Waals surface area contributed by atoms with Crippen LogP contribution >= 0.6 is 27.5 Å². The molecule has 0 spiro atoms. The van der Waals surface area contributed by atoms with Crippen LogP contribution in [0.15, 0.2) is 58.1 Å². The second kappa shape index (κ2) is 7.34. The van der Waals surface area contributed by atoms with Crippen LogP contribution in [0.4, 0.5) is 0 Å². The third-order valence-corrected chi connectivity index (χ3v) is 4.21. The molecule has 0 saturated carbocycles. The quantitative estimate of drug-likeness (QED) is 0.702. The Morgan fingerprint density at radius 3 is 2.75 bits per heavy atom. The molecule has 0 aliphatic heterocycles. The molecule has 1 atom stereocenters. The van der Waals surface area contributed by atoms with Gasteiger partial charge < -0.3 is 9.84 Å². The monoisotopic (exact) mass is 408 g/mol. The number of aliphatic hydroxyl groups excluding tert-OH is 1. The highest BCUT2D eigenvalue weighted by molar-refractivity contribution is 9.10. The standard InChI is InChI=1S/C17H14BrClN2O3/c18-11-1-4-14(5-2-11)24-9-13(22)8-21-10-20-16-6-3-12(19)7-15(16)17(21)23/h1-7,10,13,22H,8-9H2/t13-/m0/s1.